The Labute approximate surface area is 128 Å². The number of halogens is 4. The van der Waals surface area contributed by atoms with Gasteiger partial charge in [-0.05, 0) is 30.0 Å². The molecule has 0 aromatic heterocycles. The van der Waals surface area contributed by atoms with Gasteiger partial charge in [0.2, 0.25) is 5.91 Å². The van der Waals surface area contributed by atoms with Crippen molar-refractivity contribution in [2.45, 2.75) is 25.7 Å². The highest BCUT2D eigenvalue weighted by atomic mass is 35.5. The van der Waals surface area contributed by atoms with Crippen molar-refractivity contribution in [2.75, 3.05) is 13.1 Å². The molecular weight excluding hydrogens is 305 g/mol. The van der Waals surface area contributed by atoms with Gasteiger partial charge in [-0.1, -0.05) is 19.1 Å². The van der Waals surface area contributed by atoms with E-state index in [0.717, 1.165) is 5.56 Å². The molecule has 7 heteroatoms. The smallest absolute Gasteiger partial charge is 0.277 e. The Bertz CT molecular complexity index is 458. The summed E-state index contributed by atoms with van der Waals surface area (Å²) < 4.78 is 38.7. The Morgan fingerprint density at radius 2 is 2.10 bits per heavy atom. The van der Waals surface area contributed by atoms with E-state index in [1.807, 2.05) is 6.92 Å². The number of carbonyl (C=O) groups excluding carboxylic acids is 1. The standard InChI is InChI=1S/C14H19F3N2O.ClH/c1-10(5-11-3-2-4-12(15)7-11)6-13(20)19-9-14(16,17)8-18;/h2-4,7,10H,5-6,8-9,18H2,1H3,(H,19,20);1H. The second kappa shape index (κ2) is 8.89. The first kappa shape index (κ1) is 19.7. The second-order valence-electron chi connectivity index (χ2n) is 4.98. The molecule has 0 radical (unpaired) electrons. The summed E-state index contributed by atoms with van der Waals surface area (Å²) in [6.45, 7) is 0.257. The van der Waals surface area contributed by atoms with E-state index < -0.39 is 24.9 Å². The van der Waals surface area contributed by atoms with Gasteiger partial charge in [0.1, 0.15) is 5.82 Å². The normalized spacial score (nSPS) is 12.4. The van der Waals surface area contributed by atoms with Crippen molar-refractivity contribution in [3.63, 3.8) is 0 Å². The minimum atomic E-state index is -3.08. The highest BCUT2D eigenvalue weighted by Gasteiger charge is 2.27. The van der Waals surface area contributed by atoms with Crippen LogP contribution in [0.25, 0.3) is 0 Å². The fraction of sp³-hybridized carbons (Fsp3) is 0.500. The van der Waals surface area contributed by atoms with Gasteiger partial charge in [-0.15, -0.1) is 12.4 Å². The van der Waals surface area contributed by atoms with Crippen LogP contribution in [0.15, 0.2) is 24.3 Å². The van der Waals surface area contributed by atoms with Crippen molar-refractivity contribution in [1.29, 1.82) is 0 Å². The maximum Gasteiger partial charge on any atom is 0.277 e. The highest BCUT2D eigenvalue weighted by Crippen LogP contribution is 2.14. The largest absolute Gasteiger partial charge is 0.350 e. The van der Waals surface area contributed by atoms with Crippen molar-refractivity contribution >= 4 is 18.3 Å². The maximum absolute atomic E-state index is 13.0. The van der Waals surface area contributed by atoms with E-state index in [4.69, 9.17) is 5.73 Å². The van der Waals surface area contributed by atoms with E-state index in [2.05, 4.69) is 5.32 Å². The minimum Gasteiger partial charge on any atom is -0.350 e. The predicted molar refractivity (Wildman–Crippen MR) is 78.1 cm³/mol. The molecule has 3 nitrogen and oxygen atoms in total. The molecule has 0 saturated carbocycles. The average molecular weight is 325 g/mol. The molecule has 0 spiro atoms. The molecule has 21 heavy (non-hydrogen) atoms. The second-order valence-corrected chi connectivity index (χ2v) is 4.98. The van der Waals surface area contributed by atoms with Crippen molar-refractivity contribution < 1.29 is 18.0 Å². The molecule has 0 aliphatic heterocycles. The average Bonchev–Trinajstić information content (AvgIpc) is 2.36. The van der Waals surface area contributed by atoms with Crippen LogP contribution in [0.2, 0.25) is 0 Å². The third kappa shape index (κ3) is 7.92. The summed E-state index contributed by atoms with van der Waals surface area (Å²) in [5, 5.41) is 2.16. The third-order valence-corrected chi connectivity index (χ3v) is 2.85. The summed E-state index contributed by atoms with van der Waals surface area (Å²) in [5.74, 6) is -3.94. The topological polar surface area (TPSA) is 55.1 Å². The zero-order chi connectivity index (χ0) is 15.2. The molecule has 120 valence electrons. The molecule has 1 unspecified atom stereocenters. The van der Waals surface area contributed by atoms with Gasteiger partial charge in [0.05, 0.1) is 13.1 Å². The fourth-order valence-corrected chi connectivity index (χ4v) is 1.83. The molecule has 0 aliphatic rings. The lowest BCUT2D eigenvalue weighted by Crippen LogP contribution is -2.41. The summed E-state index contributed by atoms with van der Waals surface area (Å²) in [6, 6.07) is 6.10. The third-order valence-electron chi connectivity index (χ3n) is 2.85. The fourth-order valence-electron chi connectivity index (χ4n) is 1.83. The molecule has 1 rings (SSSR count). The van der Waals surface area contributed by atoms with E-state index in [0.29, 0.717) is 6.42 Å². The van der Waals surface area contributed by atoms with Crippen LogP contribution in [-0.2, 0) is 11.2 Å². The Balaban J connectivity index is 0.00000400. The Kier molecular flexibility index (Phi) is 8.36. The number of amides is 1. The first-order valence-electron chi connectivity index (χ1n) is 6.41. The zero-order valence-corrected chi connectivity index (χ0v) is 12.6. The lowest BCUT2D eigenvalue weighted by atomic mass is 9.97. The Morgan fingerprint density at radius 1 is 1.43 bits per heavy atom. The van der Waals surface area contributed by atoms with Crippen molar-refractivity contribution in [3.05, 3.63) is 35.6 Å². The molecular formula is C14H20ClF3N2O. The van der Waals surface area contributed by atoms with Crippen molar-refractivity contribution in [3.8, 4) is 0 Å². The molecule has 0 aliphatic carbocycles. The van der Waals surface area contributed by atoms with Gasteiger partial charge in [-0.2, -0.15) is 0 Å². The number of benzene rings is 1. The van der Waals surface area contributed by atoms with Crippen LogP contribution >= 0.6 is 12.4 Å². The van der Waals surface area contributed by atoms with Gasteiger partial charge in [0.25, 0.3) is 5.92 Å². The van der Waals surface area contributed by atoms with Crippen LogP contribution in [0.3, 0.4) is 0 Å². The molecule has 1 amide bonds. The molecule has 0 saturated heterocycles. The molecule has 0 heterocycles. The predicted octanol–water partition coefficient (Wildman–Crippen LogP) is 2.53. The number of rotatable bonds is 7. The van der Waals surface area contributed by atoms with E-state index in [-0.39, 0.29) is 30.6 Å². The highest BCUT2D eigenvalue weighted by molar-refractivity contribution is 5.85. The summed E-state index contributed by atoms with van der Waals surface area (Å²) in [7, 11) is 0. The van der Waals surface area contributed by atoms with Crippen LogP contribution in [0, 0.1) is 11.7 Å². The molecule has 1 aromatic rings. The van der Waals surface area contributed by atoms with Crippen molar-refractivity contribution in [1.82, 2.24) is 5.32 Å². The van der Waals surface area contributed by atoms with E-state index in [9.17, 15) is 18.0 Å². The van der Waals surface area contributed by atoms with Gasteiger partial charge < -0.3 is 11.1 Å². The van der Waals surface area contributed by atoms with Crippen LogP contribution < -0.4 is 11.1 Å². The number of hydrogen-bond acceptors (Lipinski definition) is 2. The number of carbonyl (C=O) groups is 1. The number of nitrogens with two attached hydrogens (primary N) is 1. The van der Waals surface area contributed by atoms with Gasteiger partial charge in [0.15, 0.2) is 0 Å². The summed E-state index contributed by atoms with van der Waals surface area (Å²) in [5.41, 5.74) is 5.65. The Morgan fingerprint density at radius 3 is 2.67 bits per heavy atom. The van der Waals surface area contributed by atoms with Crippen molar-refractivity contribution in [2.24, 2.45) is 11.7 Å². The van der Waals surface area contributed by atoms with Crippen LogP contribution in [0.1, 0.15) is 18.9 Å². The molecule has 3 N–H and O–H groups in total. The SMILES string of the molecule is CC(CC(=O)NCC(F)(F)CN)Cc1cccc(F)c1.Cl. The van der Waals surface area contributed by atoms with E-state index >= 15 is 0 Å². The molecule has 0 fully saturated rings. The first-order valence-corrected chi connectivity index (χ1v) is 6.41. The monoisotopic (exact) mass is 324 g/mol. The van der Waals surface area contributed by atoms with E-state index in [1.54, 1.807) is 12.1 Å². The number of nitrogens with one attached hydrogen (secondary N) is 1. The summed E-state index contributed by atoms with van der Waals surface area (Å²) >= 11 is 0. The van der Waals surface area contributed by atoms with Crippen LogP contribution in [0.4, 0.5) is 13.2 Å². The molecule has 1 aromatic carbocycles. The van der Waals surface area contributed by atoms with Gasteiger partial charge in [-0.3, -0.25) is 4.79 Å². The molecule has 1 atom stereocenters. The van der Waals surface area contributed by atoms with Gasteiger partial charge >= 0.3 is 0 Å². The maximum atomic E-state index is 13.0. The zero-order valence-electron chi connectivity index (χ0n) is 11.7. The minimum absolute atomic E-state index is 0. The van der Waals surface area contributed by atoms with Gasteiger partial charge in [0, 0.05) is 6.42 Å². The van der Waals surface area contributed by atoms with E-state index in [1.165, 1.54) is 12.1 Å². The Hall–Kier alpha value is -1.27. The molecule has 0 bridgehead atoms. The first-order chi connectivity index (χ1) is 9.32. The summed E-state index contributed by atoms with van der Waals surface area (Å²) in [4.78, 5) is 11.5. The number of alkyl halides is 2. The lowest BCUT2D eigenvalue weighted by Gasteiger charge is -2.16. The number of hydrogen-bond donors (Lipinski definition) is 2. The lowest BCUT2D eigenvalue weighted by molar-refractivity contribution is -0.123. The summed E-state index contributed by atoms with van der Waals surface area (Å²) in [6.07, 6.45) is 0.621. The van der Waals surface area contributed by atoms with Gasteiger partial charge in [-0.25, -0.2) is 13.2 Å². The van der Waals surface area contributed by atoms with Crippen LogP contribution in [0.5, 0.6) is 0 Å². The quantitative estimate of drug-likeness (QED) is 0.810. The van der Waals surface area contributed by atoms with Crippen LogP contribution in [-0.4, -0.2) is 24.9 Å².